The summed E-state index contributed by atoms with van der Waals surface area (Å²) in [7, 11) is 0. The summed E-state index contributed by atoms with van der Waals surface area (Å²) in [6, 6.07) is 7.29. The van der Waals surface area contributed by atoms with Gasteiger partial charge in [0.1, 0.15) is 0 Å². The molecule has 2 amide bonds. The summed E-state index contributed by atoms with van der Waals surface area (Å²) in [5.74, 6) is 0. The maximum atomic E-state index is 12.4. The molecule has 0 radical (unpaired) electrons. The number of nitrogens with one attached hydrogen (secondary N) is 1. The van der Waals surface area contributed by atoms with Crippen molar-refractivity contribution in [2.45, 2.75) is 52.2 Å². The quantitative estimate of drug-likeness (QED) is 0.906. The second-order valence-electron chi connectivity index (χ2n) is 6.53. The summed E-state index contributed by atoms with van der Waals surface area (Å²) in [4.78, 5) is 16.9. The molecule has 0 spiro atoms. The van der Waals surface area contributed by atoms with Gasteiger partial charge in [0.05, 0.1) is 5.69 Å². The number of hydrogen-bond acceptors (Lipinski definition) is 2. The zero-order valence-electron chi connectivity index (χ0n) is 13.2. The third-order valence-electron chi connectivity index (χ3n) is 4.86. The van der Waals surface area contributed by atoms with E-state index in [-0.39, 0.29) is 6.03 Å². The number of benzene rings is 1. The standard InChI is InChI=1S/C17H25N3O/c1-12(2)19-9-7-15(8-10-19)20-11-14-6-4-5-13(3)16(14)18-17(20)21/h4-6,12,15H,7-11H2,1-3H3,(H,18,21). The molecular weight excluding hydrogens is 262 g/mol. The second kappa shape index (κ2) is 5.68. The van der Waals surface area contributed by atoms with Crippen LogP contribution in [0.2, 0.25) is 0 Å². The summed E-state index contributed by atoms with van der Waals surface area (Å²) in [6.07, 6.45) is 2.15. The maximum Gasteiger partial charge on any atom is 0.322 e. The number of hydrogen-bond donors (Lipinski definition) is 1. The summed E-state index contributed by atoms with van der Waals surface area (Å²) >= 11 is 0. The Morgan fingerprint density at radius 1 is 1.24 bits per heavy atom. The predicted molar refractivity (Wildman–Crippen MR) is 85.5 cm³/mol. The molecule has 21 heavy (non-hydrogen) atoms. The molecule has 3 rings (SSSR count). The largest absolute Gasteiger partial charge is 0.322 e. The normalized spacial score (nSPS) is 20.6. The molecule has 0 aromatic heterocycles. The molecule has 114 valence electrons. The van der Waals surface area contributed by atoms with Gasteiger partial charge >= 0.3 is 6.03 Å². The molecule has 1 N–H and O–H groups in total. The van der Waals surface area contributed by atoms with Crippen LogP contribution in [0, 0.1) is 6.92 Å². The van der Waals surface area contributed by atoms with E-state index in [1.807, 2.05) is 4.90 Å². The molecule has 0 saturated carbocycles. The molecule has 1 saturated heterocycles. The number of anilines is 1. The lowest BCUT2D eigenvalue weighted by molar-refractivity contribution is 0.105. The van der Waals surface area contributed by atoms with E-state index in [4.69, 9.17) is 0 Å². The zero-order chi connectivity index (χ0) is 15.0. The molecule has 0 unspecified atom stereocenters. The fourth-order valence-electron chi connectivity index (χ4n) is 3.48. The lowest BCUT2D eigenvalue weighted by Gasteiger charge is -2.42. The predicted octanol–water partition coefficient (Wildman–Crippen LogP) is 3.22. The molecule has 2 aliphatic rings. The number of rotatable bonds is 2. The van der Waals surface area contributed by atoms with E-state index in [0.717, 1.165) is 43.7 Å². The number of nitrogens with zero attached hydrogens (tertiary/aromatic N) is 2. The SMILES string of the molecule is Cc1cccc2c1NC(=O)N(C1CCN(C(C)C)CC1)C2. The van der Waals surface area contributed by atoms with Crippen molar-refractivity contribution in [3.8, 4) is 0 Å². The minimum atomic E-state index is 0.0693. The van der Waals surface area contributed by atoms with Crippen LogP contribution >= 0.6 is 0 Å². The first-order valence-corrected chi connectivity index (χ1v) is 7.96. The van der Waals surface area contributed by atoms with Gasteiger partial charge in [-0.1, -0.05) is 18.2 Å². The van der Waals surface area contributed by atoms with Gasteiger partial charge in [-0.05, 0) is 44.7 Å². The van der Waals surface area contributed by atoms with Gasteiger partial charge in [0.25, 0.3) is 0 Å². The second-order valence-corrected chi connectivity index (χ2v) is 6.53. The summed E-state index contributed by atoms with van der Waals surface area (Å²) in [5.41, 5.74) is 3.40. The Bertz CT molecular complexity index is 533. The molecule has 0 atom stereocenters. The van der Waals surface area contributed by atoms with Crippen LogP contribution in [-0.2, 0) is 6.54 Å². The van der Waals surface area contributed by atoms with Crippen LogP contribution in [0.3, 0.4) is 0 Å². The first-order chi connectivity index (χ1) is 10.1. The van der Waals surface area contributed by atoms with E-state index in [2.05, 4.69) is 49.2 Å². The van der Waals surface area contributed by atoms with Gasteiger partial charge < -0.3 is 15.1 Å². The molecule has 1 aromatic carbocycles. The number of amides is 2. The number of para-hydroxylation sites is 1. The number of carbonyl (C=O) groups is 1. The lowest BCUT2D eigenvalue weighted by Crippen LogP contribution is -2.51. The smallest absolute Gasteiger partial charge is 0.317 e. The van der Waals surface area contributed by atoms with Crippen LogP contribution < -0.4 is 5.32 Å². The van der Waals surface area contributed by atoms with Crippen molar-refractivity contribution < 1.29 is 4.79 Å². The fourth-order valence-corrected chi connectivity index (χ4v) is 3.48. The van der Waals surface area contributed by atoms with Crippen molar-refractivity contribution in [3.05, 3.63) is 29.3 Å². The number of carbonyl (C=O) groups excluding carboxylic acids is 1. The Labute approximate surface area is 127 Å². The van der Waals surface area contributed by atoms with Gasteiger partial charge in [-0.2, -0.15) is 0 Å². The summed E-state index contributed by atoms with van der Waals surface area (Å²) in [5, 5.41) is 3.08. The van der Waals surface area contributed by atoms with Crippen LogP contribution in [-0.4, -0.2) is 41.0 Å². The van der Waals surface area contributed by atoms with Gasteiger partial charge in [0, 0.05) is 31.7 Å². The topological polar surface area (TPSA) is 35.6 Å². The van der Waals surface area contributed by atoms with Crippen molar-refractivity contribution in [2.24, 2.45) is 0 Å². The minimum Gasteiger partial charge on any atom is -0.317 e. The van der Waals surface area contributed by atoms with Crippen molar-refractivity contribution in [3.63, 3.8) is 0 Å². The summed E-state index contributed by atoms with van der Waals surface area (Å²) in [6.45, 7) is 9.46. The average molecular weight is 287 g/mol. The van der Waals surface area contributed by atoms with Crippen molar-refractivity contribution in [2.75, 3.05) is 18.4 Å². The van der Waals surface area contributed by atoms with E-state index >= 15 is 0 Å². The van der Waals surface area contributed by atoms with Crippen LogP contribution in [0.1, 0.15) is 37.8 Å². The fraction of sp³-hybridized carbons (Fsp3) is 0.588. The average Bonchev–Trinajstić information content (AvgIpc) is 2.48. The highest BCUT2D eigenvalue weighted by molar-refractivity contribution is 5.93. The van der Waals surface area contributed by atoms with Crippen molar-refractivity contribution >= 4 is 11.7 Å². The molecule has 4 heteroatoms. The molecule has 1 fully saturated rings. The third kappa shape index (κ3) is 2.77. The van der Waals surface area contributed by atoms with E-state index in [1.54, 1.807) is 0 Å². The van der Waals surface area contributed by atoms with Gasteiger partial charge in [-0.25, -0.2) is 4.79 Å². The Morgan fingerprint density at radius 3 is 2.62 bits per heavy atom. The van der Waals surface area contributed by atoms with E-state index in [9.17, 15) is 4.79 Å². The minimum absolute atomic E-state index is 0.0693. The maximum absolute atomic E-state index is 12.4. The van der Waals surface area contributed by atoms with Crippen LogP contribution in [0.15, 0.2) is 18.2 Å². The molecule has 4 nitrogen and oxygen atoms in total. The highest BCUT2D eigenvalue weighted by atomic mass is 16.2. The first-order valence-electron chi connectivity index (χ1n) is 7.96. The lowest BCUT2D eigenvalue weighted by atomic mass is 9.99. The van der Waals surface area contributed by atoms with Crippen LogP contribution in [0.4, 0.5) is 10.5 Å². The van der Waals surface area contributed by atoms with E-state index in [0.29, 0.717) is 12.1 Å². The zero-order valence-corrected chi connectivity index (χ0v) is 13.2. The Balaban J connectivity index is 1.72. The molecular formula is C17H25N3O. The molecule has 2 aliphatic heterocycles. The van der Waals surface area contributed by atoms with Gasteiger partial charge in [-0.3, -0.25) is 0 Å². The number of piperidine rings is 1. The van der Waals surface area contributed by atoms with Gasteiger partial charge in [-0.15, -0.1) is 0 Å². The molecule has 2 heterocycles. The van der Waals surface area contributed by atoms with Gasteiger partial charge in [0.2, 0.25) is 0 Å². The summed E-state index contributed by atoms with van der Waals surface area (Å²) < 4.78 is 0. The Hall–Kier alpha value is -1.55. The van der Waals surface area contributed by atoms with Gasteiger partial charge in [0.15, 0.2) is 0 Å². The number of likely N-dealkylation sites (tertiary alicyclic amines) is 1. The number of urea groups is 1. The van der Waals surface area contributed by atoms with Crippen molar-refractivity contribution in [1.29, 1.82) is 0 Å². The molecule has 0 bridgehead atoms. The van der Waals surface area contributed by atoms with Crippen LogP contribution in [0.25, 0.3) is 0 Å². The Kier molecular flexibility index (Phi) is 3.89. The number of fused-ring (bicyclic) bond motifs is 1. The van der Waals surface area contributed by atoms with E-state index < -0.39 is 0 Å². The van der Waals surface area contributed by atoms with Crippen LogP contribution in [0.5, 0.6) is 0 Å². The third-order valence-corrected chi connectivity index (χ3v) is 4.86. The molecule has 1 aromatic rings. The first kappa shape index (κ1) is 14.4. The highest BCUT2D eigenvalue weighted by Gasteiger charge is 2.32. The molecule has 0 aliphatic carbocycles. The Morgan fingerprint density at radius 2 is 1.95 bits per heavy atom. The monoisotopic (exact) mass is 287 g/mol. The highest BCUT2D eigenvalue weighted by Crippen LogP contribution is 2.30. The van der Waals surface area contributed by atoms with Crippen molar-refractivity contribution in [1.82, 2.24) is 9.80 Å². The number of aryl methyl sites for hydroxylation is 1. The van der Waals surface area contributed by atoms with E-state index in [1.165, 1.54) is 5.56 Å².